The smallest absolute Gasteiger partial charge is 0.260 e. The summed E-state index contributed by atoms with van der Waals surface area (Å²) in [5, 5.41) is 0. The van der Waals surface area contributed by atoms with Crippen molar-refractivity contribution in [2.45, 2.75) is 25.7 Å². The van der Waals surface area contributed by atoms with E-state index < -0.39 is 0 Å². The largest absolute Gasteiger partial charge is 0.483 e. The zero-order valence-corrected chi connectivity index (χ0v) is 18.7. The maximum Gasteiger partial charge on any atom is 0.260 e. The monoisotopic (exact) mass is 439 g/mol. The highest BCUT2D eigenvalue weighted by Crippen LogP contribution is 2.31. The van der Waals surface area contributed by atoms with Crippen LogP contribution in [0.4, 0.5) is 0 Å². The number of imidazole rings is 1. The van der Waals surface area contributed by atoms with E-state index in [9.17, 15) is 4.79 Å². The van der Waals surface area contributed by atoms with E-state index >= 15 is 0 Å². The predicted octanol–water partition coefficient (Wildman–Crippen LogP) is 5.48. The van der Waals surface area contributed by atoms with Crippen LogP contribution in [-0.2, 0) is 11.2 Å². The number of aromatic amines is 1. The first kappa shape index (κ1) is 21.3. The molecule has 0 spiro atoms. The van der Waals surface area contributed by atoms with Crippen LogP contribution in [0.15, 0.2) is 79.1 Å². The summed E-state index contributed by atoms with van der Waals surface area (Å²) in [6.45, 7) is 1.71. The molecule has 1 saturated heterocycles. The van der Waals surface area contributed by atoms with Crippen molar-refractivity contribution in [3.05, 3.63) is 84.7 Å². The summed E-state index contributed by atoms with van der Waals surface area (Å²) < 4.78 is 6.02. The van der Waals surface area contributed by atoms with E-state index in [1.807, 2.05) is 41.3 Å². The number of H-pyrrole nitrogens is 1. The molecule has 0 saturated carbocycles. The lowest BCUT2D eigenvalue weighted by molar-refractivity contribution is -0.134. The lowest BCUT2D eigenvalue weighted by Crippen LogP contribution is -2.41. The number of aryl methyl sites for hydroxylation is 1. The molecular weight excluding hydrogens is 410 g/mol. The molecule has 33 heavy (non-hydrogen) atoms. The maximum absolute atomic E-state index is 12.8. The van der Waals surface area contributed by atoms with E-state index in [4.69, 9.17) is 4.74 Å². The van der Waals surface area contributed by atoms with Crippen molar-refractivity contribution in [2.75, 3.05) is 19.7 Å². The highest BCUT2D eigenvalue weighted by Gasteiger charge is 2.23. The Kier molecular flexibility index (Phi) is 6.38. The van der Waals surface area contributed by atoms with E-state index in [-0.39, 0.29) is 12.5 Å². The van der Waals surface area contributed by atoms with E-state index in [1.165, 1.54) is 12.0 Å². The number of carbonyl (C=O) groups excluding carboxylic acids is 1. The summed E-state index contributed by atoms with van der Waals surface area (Å²) in [6.07, 6.45) is 6.14. The number of carbonyl (C=O) groups is 1. The molecule has 5 nitrogen and oxygen atoms in total. The van der Waals surface area contributed by atoms with E-state index in [0.717, 1.165) is 60.3 Å². The van der Waals surface area contributed by atoms with E-state index in [2.05, 4.69) is 46.4 Å². The van der Waals surface area contributed by atoms with Crippen LogP contribution in [0.3, 0.4) is 0 Å². The lowest BCUT2D eigenvalue weighted by atomic mass is 9.90. The summed E-state index contributed by atoms with van der Waals surface area (Å²) in [5.74, 6) is 1.48. The SMILES string of the molecule is O=C(COc1ccccc1-c1ccc2nc[nH]c2c1)N1CCC(CCc2ccccc2)CC1. The summed E-state index contributed by atoms with van der Waals surface area (Å²) in [6, 6.07) is 24.6. The number of nitrogens with zero attached hydrogens (tertiary/aromatic N) is 2. The molecule has 168 valence electrons. The molecule has 0 atom stereocenters. The number of nitrogens with one attached hydrogen (secondary N) is 1. The molecule has 4 aromatic rings. The summed E-state index contributed by atoms with van der Waals surface area (Å²) in [5.41, 5.74) is 5.32. The number of hydrogen-bond donors (Lipinski definition) is 1. The zero-order chi connectivity index (χ0) is 22.5. The van der Waals surface area contributed by atoms with Crippen LogP contribution < -0.4 is 4.74 Å². The van der Waals surface area contributed by atoms with Gasteiger partial charge >= 0.3 is 0 Å². The van der Waals surface area contributed by atoms with Crippen molar-refractivity contribution in [3.63, 3.8) is 0 Å². The van der Waals surface area contributed by atoms with Gasteiger partial charge in [0.05, 0.1) is 17.4 Å². The number of aromatic nitrogens is 2. The van der Waals surface area contributed by atoms with Crippen LogP contribution in [0.5, 0.6) is 5.75 Å². The molecule has 1 aliphatic heterocycles. The molecule has 1 aromatic heterocycles. The van der Waals surface area contributed by atoms with Gasteiger partial charge in [0, 0.05) is 18.7 Å². The zero-order valence-electron chi connectivity index (χ0n) is 18.7. The number of likely N-dealkylation sites (tertiary alicyclic amines) is 1. The first-order chi connectivity index (χ1) is 16.3. The van der Waals surface area contributed by atoms with Crippen molar-refractivity contribution in [2.24, 2.45) is 5.92 Å². The Hall–Kier alpha value is -3.60. The normalized spacial score (nSPS) is 14.5. The van der Waals surface area contributed by atoms with Crippen LogP contribution in [0.1, 0.15) is 24.8 Å². The highest BCUT2D eigenvalue weighted by atomic mass is 16.5. The summed E-state index contributed by atoms with van der Waals surface area (Å²) in [7, 11) is 0. The van der Waals surface area contributed by atoms with Crippen molar-refractivity contribution >= 4 is 16.9 Å². The molecule has 2 heterocycles. The maximum atomic E-state index is 12.8. The number of amides is 1. The average molecular weight is 440 g/mol. The Labute approximate surface area is 194 Å². The Morgan fingerprint density at radius 2 is 1.79 bits per heavy atom. The van der Waals surface area contributed by atoms with E-state index in [0.29, 0.717) is 5.92 Å². The van der Waals surface area contributed by atoms with Gasteiger partial charge < -0.3 is 14.6 Å². The second kappa shape index (κ2) is 9.90. The number of benzene rings is 3. The number of rotatable bonds is 7. The first-order valence-electron chi connectivity index (χ1n) is 11.7. The van der Waals surface area contributed by atoms with Gasteiger partial charge in [0.2, 0.25) is 0 Å². The van der Waals surface area contributed by atoms with Crippen LogP contribution in [0, 0.1) is 5.92 Å². The third kappa shape index (κ3) is 5.08. The molecule has 5 heteroatoms. The average Bonchev–Trinajstić information content (AvgIpc) is 3.35. The highest BCUT2D eigenvalue weighted by molar-refractivity contribution is 5.83. The minimum atomic E-state index is 0.0651. The number of para-hydroxylation sites is 1. The standard InChI is InChI=1S/C28H29N3O2/c32-28(31-16-14-22(15-17-31)11-10-21-6-2-1-3-7-21)19-33-27-9-5-4-8-24(27)23-12-13-25-26(18-23)30-20-29-25/h1-9,12-13,18,20,22H,10-11,14-17,19H2,(H,29,30). The second-order valence-electron chi connectivity index (χ2n) is 8.77. The van der Waals surface area contributed by atoms with Gasteiger partial charge in [-0.3, -0.25) is 4.79 Å². The van der Waals surface area contributed by atoms with Gasteiger partial charge in [-0.15, -0.1) is 0 Å². The van der Waals surface area contributed by atoms with Crippen LogP contribution in [0.2, 0.25) is 0 Å². The van der Waals surface area contributed by atoms with Crippen LogP contribution in [0.25, 0.3) is 22.2 Å². The topological polar surface area (TPSA) is 58.2 Å². The van der Waals surface area contributed by atoms with Gasteiger partial charge in [-0.25, -0.2) is 4.98 Å². The van der Waals surface area contributed by atoms with Crippen molar-refractivity contribution in [3.8, 4) is 16.9 Å². The van der Waals surface area contributed by atoms with Crippen LogP contribution in [-0.4, -0.2) is 40.5 Å². The van der Waals surface area contributed by atoms with Crippen LogP contribution >= 0.6 is 0 Å². The summed E-state index contributed by atoms with van der Waals surface area (Å²) >= 11 is 0. The third-order valence-corrected chi connectivity index (χ3v) is 6.62. The van der Waals surface area contributed by atoms with Gasteiger partial charge in [-0.2, -0.15) is 0 Å². The lowest BCUT2D eigenvalue weighted by Gasteiger charge is -2.32. The fourth-order valence-electron chi connectivity index (χ4n) is 4.65. The third-order valence-electron chi connectivity index (χ3n) is 6.62. The van der Waals surface area contributed by atoms with Gasteiger partial charge in [0.1, 0.15) is 5.75 Å². The molecule has 0 bridgehead atoms. The van der Waals surface area contributed by atoms with Crippen molar-refractivity contribution < 1.29 is 9.53 Å². The Balaban J connectivity index is 1.15. The number of hydrogen-bond acceptors (Lipinski definition) is 3. The molecule has 1 N–H and O–H groups in total. The van der Waals surface area contributed by atoms with Crippen molar-refractivity contribution in [1.82, 2.24) is 14.9 Å². The molecule has 1 amide bonds. The number of piperidine rings is 1. The second-order valence-corrected chi connectivity index (χ2v) is 8.77. The Morgan fingerprint density at radius 1 is 1.00 bits per heavy atom. The minimum Gasteiger partial charge on any atom is -0.483 e. The molecule has 5 rings (SSSR count). The molecule has 1 aliphatic rings. The Morgan fingerprint density at radius 3 is 2.64 bits per heavy atom. The van der Waals surface area contributed by atoms with E-state index in [1.54, 1.807) is 6.33 Å². The number of fused-ring (bicyclic) bond motifs is 1. The van der Waals surface area contributed by atoms with Crippen molar-refractivity contribution in [1.29, 1.82) is 0 Å². The molecule has 3 aromatic carbocycles. The summed E-state index contributed by atoms with van der Waals surface area (Å²) in [4.78, 5) is 22.2. The molecular formula is C28H29N3O2. The predicted molar refractivity (Wildman–Crippen MR) is 131 cm³/mol. The molecule has 0 radical (unpaired) electrons. The molecule has 0 unspecified atom stereocenters. The molecule has 1 fully saturated rings. The van der Waals surface area contributed by atoms with Gasteiger partial charge in [-0.1, -0.05) is 54.6 Å². The minimum absolute atomic E-state index is 0.0651. The van der Waals surface area contributed by atoms with Gasteiger partial charge in [0.15, 0.2) is 6.61 Å². The fourth-order valence-corrected chi connectivity index (χ4v) is 4.65. The molecule has 0 aliphatic carbocycles. The first-order valence-corrected chi connectivity index (χ1v) is 11.7. The quantitative estimate of drug-likeness (QED) is 0.415. The fraction of sp³-hybridized carbons (Fsp3) is 0.286. The van der Waals surface area contributed by atoms with Gasteiger partial charge in [-0.05, 0) is 60.9 Å². The van der Waals surface area contributed by atoms with Gasteiger partial charge in [0.25, 0.3) is 5.91 Å². The Bertz CT molecular complexity index is 1210. The number of ether oxygens (including phenoxy) is 1.